The van der Waals surface area contributed by atoms with Gasteiger partial charge in [0.05, 0.1) is 24.5 Å². The number of para-hydroxylation sites is 1. The van der Waals surface area contributed by atoms with E-state index in [0.717, 1.165) is 31.7 Å². The summed E-state index contributed by atoms with van der Waals surface area (Å²) in [6.45, 7) is 5.35. The number of carbonyl (C=O) groups is 1. The third-order valence-electron chi connectivity index (χ3n) is 4.80. The zero-order chi connectivity index (χ0) is 18.2. The highest BCUT2D eigenvalue weighted by Gasteiger charge is 2.26. The summed E-state index contributed by atoms with van der Waals surface area (Å²) in [4.78, 5) is 15.1. The predicted molar refractivity (Wildman–Crippen MR) is 101 cm³/mol. The normalized spacial score (nSPS) is 15.7. The van der Waals surface area contributed by atoms with Gasteiger partial charge in [-0.2, -0.15) is 0 Å². The van der Waals surface area contributed by atoms with Crippen LogP contribution in [0.5, 0.6) is 5.75 Å². The van der Waals surface area contributed by atoms with Crippen LogP contribution in [0.1, 0.15) is 54.8 Å². The third-order valence-corrected chi connectivity index (χ3v) is 4.80. The van der Waals surface area contributed by atoms with E-state index in [-0.39, 0.29) is 11.9 Å². The molecule has 0 radical (unpaired) electrons. The van der Waals surface area contributed by atoms with Crippen molar-refractivity contribution in [2.75, 3.05) is 26.2 Å². The highest BCUT2D eigenvalue weighted by Crippen LogP contribution is 2.25. The molecule has 0 spiro atoms. The molecule has 5 heteroatoms. The SMILES string of the molecule is CCCCOc1ccccc1C(=O)NC[C@@H](c1ccco1)N1CCCC1. The lowest BCUT2D eigenvalue weighted by Crippen LogP contribution is -2.36. The molecule has 2 heterocycles. The second kappa shape index (κ2) is 9.43. The van der Waals surface area contributed by atoms with E-state index in [2.05, 4.69) is 17.1 Å². The predicted octanol–water partition coefficient (Wildman–Crippen LogP) is 4.03. The first-order chi connectivity index (χ1) is 12.8. The van der Waals surface area contributed by atoms with Crippen LogP contribution in [0.2, 0.25) is 0 Å². The second-order valence-electron chi connectivity index (χ2n) is 6.68. The summed E-state index contributed by atoms with van der Waals surface area (Å²) in [6, 6.07) is 11.4. The van der Waals surface area contributed by atoms with Crippen molar-refractivity contribution >= 4 is 5.91 Å². The van der Waals surface area contributed by atoms with Gasteiger partial charge in [-0.25, -0.2) is 0 Å². The van der Waals surface area contributed by atoms with E-state index in [1.54, 1.807) is 6.26 Å². The minimum absolute atomic E-state index is 0.0737. The van der Waals surface area contributed by atoms with Crippen LogP contribution >= 0.6 is 0 Å². The van der Waals surface area contributed by atoms with Crippen LogP contribution < -0.4 is 10.1 Å². The molecule has 2 aromatic rings. The van der Waals surface area contributed by atoms with E-state index in [1.165, 1.54) is 12.8 Å². The molecule has 1 saturated heterocycles. The molecule has 1 aromatic heterocycles. The maximum Gasteiger partial charge on any atom is 0.255 e. The van der Waals surface area contributed by atoms with E-state index < -0.39 is 0 Å². The Hall–Kier alpha value is -2.27. The smallest absolute Gasteiger partial charge is 0.255 e. The van der Waals surface area contributed by atoms with Gasteiger partial charge in [0.2, 0.25) is 0 Å². The minimum Gasteiger partial charge on any atom is -0.493 e. The summed E-state index contributed by atoms with van der Waals surface area (Å²) < 4.78 is 11.4. The Bertz CT molecular complexity index is 678. The van der Waals surface area contributed by atoms with Crippen LogP contribution in [-0.4, -0.2) is 37.0 Å². The molecular formula is C21H28N2O3. The average molecular weight is 356 g/mol. The van der Waals surface area contributed by atoms with Crippen LogP contribution in [0.15, 0.2) is 47.1 Å². The molecule has 0 aliphatic carbocycles. The van der Waals surface area contributed by atoms with Crippen molar-refractivity contribution in [3.05, 3.63) is 54.0 Å². The van der Waals surface area contributed by atoms with E-state index >= 15 is 0 Å². The molecular weight excluding hydrogens is 328 g/mol. The van der Waals surface area contributed by atoms with E-state index in [0.29, 0.717) is 24.5 Å². The largest absolute Gasteiger partial charge is 0.493 e. The third kappa shape index (κ3) is 4.67. The molecule has 1 N–H and O–H groups in total. The summed E-state index contributed by atoms with van der Waals surface area (Å²) in [5, 5.41) is 3.07. The van der Waals surface area contributed by atoms with Crippen LogP contribution in [0.4, 0.5) is 0 Å². The van der Waals surface area contributed by atoms with Gasteiger partial charge in [-0.05, 0) is 56.6 Å². The van der Waals surface area contributed by atoms with Gasteiger partial charge >= 0.3 is 0 Å². The standard InChI is InChI=1S/C21H28N2O3/c1-2-3-14-25-19-10-5-4-9-17(19)21(24)22-16-18(20-11-8-15-26-20)23-12-6-7-13-23/h4-5,8-11,15,18H,2-3,6-7,12-14,16H2,1H3,(H,22,24)/t18-/m0/s1. The van der Waals surface area contributed by atoms with Crippen molar-refractivity contribution in [3.8, 4) is 5.75 Å². The first-order valence-corrected chi connectivity index (χ1v) is 9.57. The fourth-order valence-corrected chi connectivity index (χ4v) is 3.33. The van der Waals surface area contributed by atoms with E-state index in [1.807, 2.05) is 36.4 Å². The van der Waals surface area contributed by atoms with Crippen LogP contribution in [-0.2, 0) is 0 Å². The van der Waals surface area contributed by atoms with Gasteiger partial charge in [0.1, 0.15) is 11.5 Å². The highest BCUT2D eigenvalue weighted by molar-refractivity contribution is 5.96. The number of furan rings is 1. The summed E-state index contributed by atoms with van der Waals surface area (Å²) in [6.07, 6.45) is 6.12. The molecule has 1 amide bonds. The zero-order valence-corrected chi connectivity index (χ0v) is 15.4. The second-order valence-corrected chi connectivity index (χ2v) is 6.68. The molecule has 0 saturated carbocycles. The molecule has 140 valence electrons. The Morgan fingerprint density at radius 3 is 2.77 bits per heavy atom. The fraction of sp³-hybridized carbons (Fsp3) is 0.476. The molecule has 1 aliphatic heterocycles. The number of likely N-dealkylation sites (tertiary alicyclic amines) is 1. The Morgan fingerprint density at radius 2 is 2.04 bits per heavy atom. The molecule has 5 nitrogen and oxygen atoms in total. The van der Waals surface area contributed by atoms with Gasteiger partial charge in [-0.3, -0.25) is 9.69 Å². The summed E-state index contributed by atoms with van der Waals surface area (Å²) in [7, 11) is 0. The summed E-state index contributed by atoms with van der Waals surface area (Å²) in [5.74, 6) is 1.45. The fourth-order valence-electron chi connectivity index (χ4n) is 3.33. The quantitative estimate of drug-likeness (QED) is 0.689. The number of hydrogen-bond donors (Lipinski definition) is 1. The van der Waals surface area contributed by atoms with Crippen molar-refractivity contribution < 1.29 is 13.9 Å². The number of nitrogens with zero attached hydrogens (tertiary/aromatic N) is 1. The molecule has 26 heavy (non-hydrogen) atoms. The zero-order valence-electron chi connectivity index (χ0n) is 15.4. The Labute approximate surface area is 155 Å². The first-order valence-electron chi connectivity index (χ1n) is 9.57. The number of nitrogens with one attached hydrogen (secondary N) is 1. The number of carbonyl (C=O) groups excluding carboxylic acids is 1. The van der Waals surface area contributed by atoms with E-state index in [4.69, 9.17) is 9.15 Å². The minimum atomic E-state index is -0.104. The Morgan fingerprint density at radius 1 is 1.23 bits per heavy atom. The van der Waals surface area contributed by atoms with Gasteiger partial charge in [0.15, 0.2) is 0 Å². The van der Waals surface area contributed by atoms with Crippen molar-refractivity contribution in [2.24, 2.45) is 0 Å². The van der Waals surface area contributed by atoms with Crippen molar-refractivity contribution in [2.45, 2.75) is 38.6 Å². The highest BCUT2D eigenvalue weighted by atomic mass is 16.5. The summed E-state index contributed by atoms with van der Waals surface area (Å²) >= 11 is 0. The topological polar surface area (TPSA) is 54.7 Å². The van der Waals surface area contributed by atoms with Crippen molar-refractivity contribution in [1.82, 2.24) is 10.2 Å². The van der Waals surface area contributed by atoms with Gasteiger partial charge in [-0.15, -0.1) is 0 Å². The number of benzene rings is 1. The lowest BCUT2D eigenvalue weighted by Gasteiger charge is -2.26. The van der Waals surface area contributed by atoms with Gasteiger partial charge in [0, 0.05) is 6.54 Å². The number of amides is 1. The molecule has 3 rings (SSSR count). The molecule has 1 aromatic carbocycles. The Balaban J connectivity index is 1.65. The van der Waals surface area contributed by atoms with E-state index in [9.17, 15) is 4.79 Å². The Kier molecular flexibility index (Phi) is 6.72. The number of rotatable bonds is 9. The number of unbranched alkanes of at least 4 members (excludes halogenated alkanes) is 1. The molecule has 0 unspecified atom stereocenters. The van der Waals surface area contributed by atoms with Crippen LogP contribution in [0.25, 0.3) is 0 Å². The van der Waals surface area contributed by atoms with Gasteiger partial charge in [-0.1, -0.05) is 25.5 Å². The molecule has 0 bridgehead atoms. The lowest BCUT2D eigenvalue weighted by atomic mass is 10.1. The average Bonchev–Trinajstić information content (AvgIpc) is 3.37. The lowest BCUT2D eigenvalue weighted by molar-refractivity contribution is 0.0929. The van der Waals surface area contributed by atoms with Crippen LogP contribution in [0.3, 0.4) is 0 Å². The van der Waals surface area contributed by atoms with Gasteiger partial charge < -0.3 is 14.5 Å². The number of hydrogen-bond acceptors (Lipinski definition) is 4. The van der Waals surface area contributed by atoms with Crippen LogP contribution in [0, 0.1) is 0 Å². The summed E-state index contributed by atoms with van der Waals surface area (Å²) in [5.41, 5.74) is 0.586. The maximum atomic E-state index is 12.7. The van der Waals surface area contributed by atoms with Crippen molar-refractivity contribution in [3.63, 3.8) is 0 Å². The molecule has 1 fully saturated rings. The first kappa shape index (κ1) is 18.5. The van der Waals surface area contributed by atoms with Crippen molar-refractivity contribution in [1.29, 1.82) is 0 Å². The number of ether oxygens (including phenoxy) is 1. The molecule has 1 aliphatic rings. The molecule has 1 atom stereocenters. The monoisotopic (exact) mass is 356 g/mol. The van der Waals surface area contributed by atoms with Gasteiger partial charge in [0.25, 0.3) is 5.91 Å². The maximum absolute atomic E-state index is 12.7.